The van der Waals surface area contributed by atoms with Gasteiger partial charge in [0.15, 0.2) is 5.82 Å². The van der Waals surface area contributed by atoms with E-state index in [1.54, 1.807) is 25.1 Å². The zero-order chi connectivity index (χ0) is 22.7. The van der Waals surface area contributed by atoms with Crippen LogP contribution in [0.25, 0.3) is 11.4 Å². The van der Waals surface area contributed by atoms with E-state index in [2.05, 4.69) is 19.4 Å². The van der Waals surface area contributed by atoms with Crippen molar-refractivity contribution in [3.8, 4) is 11.4 Å². The molecule has 0 bridgehead atoms. The summed E-state index contributed by atoms with van der Waals surface area (Å²) >= 11 is 1.06. The number of nitrogens with one attached hydrogen (secondary N) is 2. The average molecular weight is 465 g/mol. The number of aryl methyl sites for hydroxylation is 2. The van der Waals surface area contributed by atoms with Gasteiger partial charge in [-0.3, -0.25) is 14.8 Å². The Balaban J connectivity index is 1.57. The van der Waals surface area contributed by atoms with Gasteiger partial charge in [0.25, 0.3) is 15.9 Å². The van der Waals surface area contributed by atoms with Crippen molar-refractivity contribution in [3.63, 3.8) is 0 Å². The first kappa shape index (κ1) is 21.7. The normalized spacial score (nSPS) is 11.2. The molecule has 3 aromatic carbocycles. The molecule has 4 rings (SSSR count). The number of anilines is 2. The predicted octanol–water partition coefficient (Wildman–Crippen LogP) is 4.88. The maximum Gasteiger partial charge on any atom is 0.261 e. The third-order valence-electron chi connectivity index (χ3n) is 4.83. The molecule has 1 heterocycles. The molecule has 0 aliphatic heterocycles. The van der Waals surface area contributed by atoms with Crippen molar-refractivity contribution in [2.45, 2.75) is 18.7 Å². The first-order valence-electron chi connectivity index (χ1n) is 9.73. The second kappa shape index (κ2) is 8.89. The van der Waals surface area contributed by atoms with Gasteiger partial charge in [-0.1, -0.05) is 54.6 Å². The first-order valence-corrected chi connectivity index (χ1v) is 12.0. The summed E-state index contributed by atoms with van der Waals surface area (Å²) < 4.78 is 32.6. The number of hydrogen-bond acceptors (Lipinski definition) is 6. The molecule has 9 heteroatoms. The number of benzene rings is 3. The topological polar surface area (TPSA) is 101 Å². The van der Waals surface area contributed by atoms with Gasteiger partial charge in [0, 0.05) is 22.7 Å². The lowest BCUT2D eigenvalue weighted by molar-refractivity contribution is 0.102. The Hall–Kier alpha value is -3.56. The monoisotopic (exact) mass is 464 g/mol. The summed E-state index contributed by atoms with van der Waals surface area (Å²) in [5, 5.41) is 3.05. The van der Waals surface area contributed by atoms with Crippen molar-refractivity contribution < 1.29 is 13.2 Å². The standard InChI is InChI=1S/C23H20N4O3S2/c1-15-12-13-18(32(29,30)27-20-11-7-6-8-16(20)2)14-19(15)22(28)25-23-24-21(26-31-23)17-9-4-3-5-10-17/h3-14,27H,1-2H3,(H,24,25,26,28). The van der Waals surface area contributed by atoms with Gasteiger partial charge < -0.3 is 0 Å². The van der Waals surface area contributed by atoms with Gasteiger partial charge in [0.2, 0.25) is 5.13 Å². The van der Waals surface area contributed by atoms with Gasteiger partial charge in [-0.2, -0.15) is 9.36 Å². The molecule has 0 radical (unpaired) electrons. The largest absolute Gasteiger partial charge is 0.297 e. The highest BCUT2D eigenvalue weighted by molar-refractivity contribution is 7.92. The Bertz CT molecular complexity index is 1380. The van der Waals surface area contributed by atoms with Crippen LogP contribution in [-0.2, 0) is 10.0 Å². The fourth-order valence-electron chi connectivity index (χ4n) is 3.05. The Morgan fingerprint density at radius 3 is 2.38 bits per heavy atom. The van der Waals surface area contributed by atoms with Gasteiger partial charge in [0.05, 0.1) is 10.6 Å². The highest BCUT2D eigenvalue weighted by Gasteiger charge is 2.20. The van der Waals surface area contributed by atoms with Crippen molar-refractivity contribution >= 4 is 38.3 Å². The van der Waals surface area contributed by atoms with Crippen molar-refractivity contribution in [1.29, 1.82) is 0 Å². The number of carbonyl (C=O) groups is 1. The fourth-order valence-corrected chi connectivity index (χ4v) is 4.79. The molecule has 0 aliphatic carbocycles. The van der Waals surface area contributed by atoms with Gasteiger partial charge in [-0.15, -0.1) is 0 Å². The van der Waals surface area contributed by atoms with Crippen LogP contribution in [0.5, 0.6) is 0 Å². The molecule has 0 saturated heterocycles. The molecule has 0 fully saturated rings. The van der Waals surface area contributed by atoms with Crippen molar-refractivity contribution in [3.05, 3.63) is 89.5 Å². The van der Waals surface area contributed by atoms with E-state index in [1.165, 1.54) is 12.1 Å². The SMILES string of the molecule is Cc1ccccc1NS(=O)(=O)c1ccc(C)c(C(=O)Nc2nc(-c3ccccc3)ns2)c1. The van der Waals surface area contributed by atoms with Crippen LogP contribution in [0.3, 0.4) is 0 Å². The van der Waals surface area contributed by atoms with Gasteiger partial charge in [-0.25, -0.2) is 8.42 Å². The van der Waals surface area contributed by atoms with E-state index in [-0.39, 0.29) is 10.5 Å². The van der Waals surface area contributed by atoms with Crippen LogP contribution in [0, 0.1) is 13.8 Å². The van der Waals surface area contributed by atoms with Crippen LogP contribution >= 0.6 is 11.5 Å². The third kappa shape index (κ3) is 4.68. The number of sulfonamides is 1. The molecular formula is C23H20N4O3S2. The number of amides is 1. The lowest BCUT2D eigenvalue weighted by Gasteiger charge is -2.12. The minimum absolute atomic E-state index is 0.00117. The summed E-state index contributed by atoms with van der Waals surface area (Å²) in [5.41, 5.74) is 3.02. The summed E-state index contributed by atoms with van der Waals surface area (Å²) in [6.07, 6.45) is 0. The number of rotatable bonds is 6. The van der Waals surface area contributed by atoms with Gasteiger partial charge >= 0.3 is 0 Å². The quantitative estimate of drug-likeness (QED) is 0.424. The molecular weight excluding hydrogens is 444 g/mol. The van der Waals surface area contributed by atoms with Gasteiger partial charge in [0.1, 0.15) is 0 Å². The molecule has 0 atom stereocenters. The predicted molar refractivity (Wildman–Crippen MR) is 126 cm³/mol. The molecule has 0 aliphatic rings. The Morgan fingerprint density at radius 1 is 0.906 bits per heavy atom. The molecule has 162 valence electrons. The number of hydrogen-bond donors (Lipinski definition) is 2. The Morgan fingerprint density at radius 2 is 1.62 bits per heavy atom. The summed E-state index contributed by atoms with van der Waals surface area (Å²) in [6, 6.07) is 21.0. The minimum Gasteiger partial charge on any atom is -0.297 e. The lowest BCUT2D eigenvalue weighted by atomic mass is 10.1. The zero-order valence-electron chi connectivity index (χ0n) is 17.4. The van der Waals surface area contributed by atoms with E-state index in [9.17, 15) is 13.2 Å². The van der Waals surface area contributed by atoms with E-state index >= 15 is 0 Å². The maximum absolute atomic E-state index is 12.9. The van der Waals surface area contributed by atoms with Crippen LogP contribution in [0.15, 0.2) is 77.7 Å². The number of nitrogens with zero attached hydrogens (tertiary/aromatic N) is 2. The van der Waals surface area contributed by atoms with Crippen LogP contribution in [0.1, 0.15) is 21.5 Å². The number of para-hydroxylation sites is 1. The van der Waals surface area contributed by atoms with Crippen LogP contribution < -0.4 is 10.0 Å². The van der Waals surface area contributed by atoms with Crippen molar-refractivity contribution in [2.24, 2.45) is 0 Å². The van der Waals surface area contributed by atoms with E-state index in [0.717, 1.165) is 22.7 Å². The molecule has 7 nitrogen and oxygen atoms in total. The second-order valence-electron chi connectivity index (χ2n) is 7.14. The van der Waals surface area contributed by atoms with Crippen molar-refractivity contribution in [1.82, 2.24) is 9.36 Å². The first-order chi connectivity index (χ1) is 15.3. The van der Waals surface area contributed by atoms with Crippen molar-refractivity contribution in [2.75, 3.05) is 10.0 Å². The summed E-state index contributed by atoms with van der Waals surface area (Å²) in [7, 11) is -3.87. The minimum atomic E-state index is -3.87. The fraction of sp³-hybridized carbons (Fsp3) is 0.0870. The van der Waals surface area contributed by atoms with Crippen LogP contribution in [0.4, 0.5) is 10.8 Å². The Labute approximate surface area is 190 Å². The highest BCUT2D eigenvalue weighted by Crippen LogP contribution is 2.24. The molecule has 4 aromatic rings. The molecule has 0 spiro atoms. The zero-order valence-corrected chi connectivity index (χ0v) is 19.0. The van der Waals surface area contributed by atoms with Crippen LogP contribution in [0.2, 0.25) is 0 Å². The molecule has 2 N–H and O–H groups in total. The smallest absolute Gasteiger partial charge is 0.261 e. The summed E-state index contributed by atoms with van der Waals surface area (Å²) in [5.74, 6) is 0.0626. The average Bonchev–Trinajstić information content (AvgIpc) is 3.24. The molecule has 1 aromatic heterocycles. The Kier molecular flexibility index (Phi) is 6.02. The van der Waals surface area contributed by atoms with E-state index in [4.69, 9.17) is 0 Å². The molecule has 0 unspecified atom stereocenters. The van der Waals surface area contributed by atoms with E-state index in [0.29, 0.717) is 22.2 Å². The van der Waals surface area contributed by atoms with E-state index in [1.807, 2.05) is 49.4 Å². The summed E-state index contributed by atoms with van der Waals surface area (Å²) in [6.45, 7) is 3.56. The number of aromatic nitrogens is 2. The third-order valence-corrected chi connectivity index (χ3v) is 6.83. The molecule has 0 saturated carbocycles. The number of carbonyl (C=O) groups excluding carboxylic acids is 1. The van der Waals surface area contributed by atoms with Gasteiger partial charge in [-0.05, 0) is 43.2 Å². The highest BCUT2D eigenvalue weighted by atomic mass is 32.2. The second-order valence-corrected chi connectivity index (χ2v) is 9.57. The van der Waals surface area contributed by atoms with Crippen LogP contribution in [-0.4, -0.2) is 23.7 Å². The maximum atomic E-state index is 12.9. The van der Waals surface area contributed by atoms with E-state index < -0.39 is 15.9 Å². The lowest BCUT2D eigenvalue weighted by Crippen LogP contribution is -2.17. The summed E-state index contributed by atoms with van der Waals surface area (Å²) in [4.78, 5) is 17.2. The molecule has 1 amide bonds. The molecule has 32 heavy (non-hydrogen) atoms.